The molecule has 1 aliphatic carbocycles. The van der Waals surface area contributed by atoms with Gasteiger partial charge < -0.3 is 9.80 Å². The second-order valence-corrected chi connectivity index (χ2v) is 6.44. The lowest BCUT2D eigenvalue weighted by molar-refractivity contribution is -0.133. The van der Waals surface area contributed by atoms with Gasteiger partial charge in [0.1, 0.15) is 6.07 Å². The van der Waals surface area contributed by atoms with Crippen molar-refractivity contribution in [3.8, 4) is 6.07 Å². The number of anilines is 1. The predicted molar refractivity (Wildman–Crippen MR) is 90.6 cm³/mol. The van der Waals surface area contributed by atoms with E-state index in [1.807, 2.05) is 35.4 Å². The van der Waals surface area contributed by atoms with E-state index in [2.05, 4.69) is 20.1 Å². The summed E-state index contributed by atoms with van der Waals surface area (Å²) in [7, 11) is 0. The Morgan fingerprint density at radius 2 is 2.00 bits per heavy atom. The number of hydrogen-bond donors (Lipinski definition) is 0. The van der Waals surface area contributed by atoms with Gasteiger partial charge in [-0.15, -0.1) is 10.2 Å². The van der Waals surface area contributed by atoms with Crippen molar-refractivity contribution in [2.24, 2.45) is 5.92 Å². The number of aromatic nitrogens is 3. The van der Waals surface area contributed by atoms with Crippen molar-refractivity contribution in [3.63, 3.8) is 0 Å². The highest BCUT2D eigenvalue weighted by molar-refractivity contribution is 5.83. The fourth-order valence-corrected chi connectivity index (χ4v) is 3.38. The third-order valence-corrected chi connectivity index (χ3v) is 4.90. The third-order valence-electron chi connectivity index (χ3n) is 4.90. The quantitative estimate of drug-likeness (QED) is 0.838. The van der Waals surface area contributed by atoms with Gasteiger partial charge in [0.2, 0.25) is 5.91 Å². The van der Waals surface area contributed by atoms with Crippen molar-refractivity contribution in [2.45, 2.75) is 12.3 Å². The topological polar surface area (TPSA) is 86.0 Å². The summed E-state index contributed by atoms with van der Waals surface area (Å²) in [4.78, 5) is 20.9. The lowest BCUT2D eigenvalue weighted by Crippen LogP contribution is -2.49. The van der Waals surface area contributed by atoms with Crippen LogP contribution in [0.25, 0.3) is 0 Å². The lowest BCUT2D eigenvalue weighted by atomic mass is 10.1. The van der Waals surface area contributed by atoms with Crippen molar-refractivity contribution >= 4 is 11.7 Å². The fourth-order valence-electron chi connectivity index (χ4n) is 3.38. The van der Waals surface area contributed by atoms with Crippen LogP contribution in [-0.2, 0) is 4.79 Å². The summed E-state index contributed by atoms with van der Waals surface area (Å²) in [6.45, 7) is 2.85. The largest absolute Gasteiger partial charge is 0.352 e. The molecule has 2 atom stereocenters. The van der Waals surface area contributed by atoms with Crippen LogP contribution in [0, 0.1) is 17.2 Å². The van der Waals surface area contributed by atoms with Crippen LogP contribution >= 0.6 is 0 Å². The molecule has 0 N–H and O–H groups in total. The number of hydrogen-bond acceptors (Lipinski definition) is 6. The molecule has 1 amide bonds. The number of amides is 1. The maximum Gasteiger partial charge on any atom is 0.226 e. The van der Waals surface area contributed by atoms with E-state index in [9.17, 15) is 4.79 Å². The summed E-state index contributed by atoms with van der Waals surface area (Å²) < 4.78 is 0. The Kier molecular flexibility index (Phi) is 4.02. The Morgan fingerprint density at radius 1 is 1.16 bits per heavy atom. The summed E-state index contributed by atoms with van der Waals surface area (Å²) in [6.07, 6.45) is 4.54. The van der Waals surface area contributed by atoms with Crippen LogP contribution in [0.1, 0.15) is 23.6 Å². The van der Waals surface area contributed by atoms with E-state index in [4.69, 9.17) is 5.26 Å². The highest BCUT2D eigenvalue weighted by atomic mass is 16.2. The SMILES string of the molecule is N#Cc1ccc(N2CCN(C(=O)[C@@H]3C[C@H]3c3cccnc3)CC2)nn1. The van der Waals surface area contributed by atoms with E-state index >= 15 is 0 Å². The molecule has 0 aromatic carbocycles. The number of carbonyl (C=O) groups excluding carboxylic acids is 1. The first-order valence-electron chi connectivity index (χ1n) is 8.44. The first-order chi connectivity index (χ1) is 12.3. The molecule has 7 heteroatoms. The molecule has 2 fully saturated rings. The number of piperazine rings is 1. The zero-order chi connectivity index (χ0) is 17.2. The Bertz CT molecular complexity index is 793. The monoisotopic (exact) mass is 334 g/mol. The molecule has 3 heterocycles. The van der Waals surface area contributed by atoms with Gasteiger partial charge in [-0.05, 0) is 36.1 Å². The van der Waals surface area contributed by atoms with E-state index in [1.54, 1.807) is 12.3 Å². The average molecular weight is 334 g/mol. The molecular formula is C18H18N6O. The van der Waals surface area contributed by atoms with Crippen molar-refractivity contribution in [1.29, 1.82) is 5.26 Å². The summed E-state index contributed by atoms with van der Waals surface area (Å²) in [5, 5.41) is 16.7. The molecule has 2 aromatic heterocycles. The fraction of sp³-hybridized carbons (Fsp3) is 0.389. The minimum Gasteiger partial charge on any atom is -0.352 e. The van der Waals surface area contributed by atoms with E-state index in [0.29, 0.717) is 24.7 Å². The Labute approximate surface area is 145 Å². The second-order valence-electron chi connectivity index (χ2n) is 6.44. The summed E-state index contributed by atoms with van der Waals surface area (Å²) in [5.74, 6) is 1.43. The lowest BCUT2D eigenvalue weighted by Gasteiger charge is -2.35. The van der Waals surface area contributed by atoms with Gasteiger partial charge in [0, 0.05) is 44.5 Å². The zero-order valence-corrected chi connectivity index (χ0v) is 13.7. The molecule has 1 aliphatic heterocycles. The number of nitriles is 1. The van der Waals surface area contributed by atoms with Gasteiger partial charge in [-0.1, -0.05) is 6.07 Å². The molecule has 7 nitrogen and oxygen atoms in total. The van der Waals surface area contributed by atoms with E-state index in [0.717, 1.165) is 30.9 Å². The van der Waals surface area contributed by atoms with Crippen LogP contribution in [0.2, 0.25) is 0 Å². The molecular weight excluding hydrogens is 316 g/mol. The molecule has 126 valence electrons. The average Bonchev–Trinajstić information content (AvgIpc) is 3.49. The molecule has 2 aromatic rings. The van der Waals surface area contributed by atoms with Gasteiger partial charge in [0.05, 0.1) is 0 Å². The van der Waals surface area contributed by atoms with Crippen LogP contribution in [-0.4, -0.2) is 52.2 Å². The maximum atomic E-state index is 12.7. The molecule has 4 rings (SSSR count). The molecule has 1 saturated carbocycles. The van der Waals surface area contributed by atoms with Crippen molar-refractivity contribution in [3.05, 3.63) is 47.9 Å². The molecule has 2 aliphatic rings. The third kappa shape index (κ3) is 3.15. The van der Waals surface area contributed by atoms with Crippen LogP contribution < -0.4 is 4.90 Å². The normalized spacial score (nSPS) is 22.4. The first kappa shape index (κ1) is 15.5. The summed E-state index contributed by atoms with van der Waals surface area (Å²) in [6, 6.07) is 9.41. The number of pyridine rings is 1. The highest BCUT2D eigenvalue weighted by Gasteiger charge is 2.46. The maximum absolute atomic E-state index is 12.7. The van der Waals surface area contributed by atoms with E-state index in [1.165, 1.54) is 0 Å². The number of nitrogens with zero attached hydrogens (tertiary/aromatic N) is 6. The van der Waals surface area contributed by atoms with Gasteiger partial charge in [-0.3, -0.25) is 9.78 Å². The number of carbonyl (C=O) groups is 1. The number of rotatable bonds is 3. The molecule has 1 saturated heterocycles. The Hall–Kier alpha value is -3.01. The predicted octanol–water partition coefficient (Wildman–Crippen LogP) is 1.20. The van der Waals surface area contributed by atoms with Gasteiger partial charge in [0.15, 0.2) is 11.5 Å². The summed E-state index contributed by atoms with van der Waals surface area (Å²) in [5.41, 5.74) is 1.47. The Balaban J connectivity index is 1.33. The van der Waals surface area contributed by atoms with Crippen LogP contribution in [0.4, 0.5) is 5.82 Å². The minimum atomic E-state index is 0.102. The van der Waals surface area contributed by atoms with Crippen LogP contribution in [0.15, 0.2) is 36.7 Å². The standard InChI is InChI=1S/C18H18N6O/c19-11-14-3-4-17(22-21-14)23-6-8-24(9-7-23)18(25)16-10-15(16)13-2-1-5-20-12-13/h1-5,12,15-16H,6-10H2/t15-,16+/m0/s1. The second kappa shape index (κ2) is 6.48. The summed E-state index contributed by atoms with van der Waals surface area (Å²) >= 11 is 0. The highest BCUT2D eigenvalue weighted by Crippen LogP contribution is 2.48. The minimum absolute atomic E-state index is 0.102. The Morgan fingerprint density at radius 3 is 2.64 bits per heavy atom. The molecule has 0 spiro atoms. The molecule has 0 unspecified atom stereocenters. The van der Waals surface area contributed by atoms with Gasteiger partial charge in [-0.2, -0.15) is 5.26 Å². The van der Waals surface area contributed by atoms with Crippen molar-refractivity contribution in [2.75, 3.05) is 31.1 Å². The van der Waals surface area contributed by atoms with E-state index < -0.39 is 0 Å². The van der Waals surface area contributed by atoms with Gasteiger partial charge in [-0.25, -0.2) is 0 Å². The zero-order valence-electron chi connectivity index (χ0n) is 13.7. The molecule has 0 radical (unpaired) electrons. The van der Waals surface area contributed by atoms with Gasteiger partial charge >= 0.3 is 0 Å². The smallest absolute Gasteiger partial charge is 0.226 e. The molecule has 0 bridgehead atoms. The first-order valence-corrected chi connectivity index (χ1v) is 8.44. The van der Waals surface area contributed by atoms with Gasteiger partial charge in [0.25, 0.3) is 0 Å². The van der Waals surface area contributed by atoms with E-state index in [-0.39, 0.29) is 11.8 Å². The van der Waals surface area contributed by atoms with Crippen LogP contribution in [0.3, 0.4) is 0 Å². The van der Waals surface area contributed by atoms with Crippen LogP contribution in [0.5, 0.6) is 0 Å². The van der Waals surface area contributed by atoms with Crippen molar-refractivity contribution < 1.29 is 4.79 Å². The van der Waals surface area contributed by atoms with Crippen molar-refractivity contribution in [1.82, 2.24) is 20.1 Å². The molecule has 25 heavy (non-hydrogen) atoms.